The fraction of sp³-hybridized carbons (Fsp3) is 0.667. The lowest BCUT2D eigenvalue weighted by Gasteiger charge is -2.32. The van der Waals surface area contributed by atoms with E-state index >= 15 is 0 Å². The third kappa shape index (κ3) is 7.20. The van der Waals surface area contributed by atoms with Crippen LogP contribution in [0.15, 0.2) is 24.3 Å². The van der Waals surface area contributed by atoms with Gasteiger partial charge in [-0.05, 0) is 51.7 Å². The second-order valence-electron chi connectivity index (χ2n) is 7.84. The highest BCUT2D eigenvalue weighted by molar-refractivity contribution is 5.81. The van der Waals surface area contributed by atoms with Crippen molar-refractivity contribution in [2.24, 2.45) is 5.73 Å². The van der Waals surface area contributed by atoms with E-state index < -0.39 is 12.3 Å². The average Bonchev–Trinajstić information content (AvgIpc) is 2.62. The first-order chi connectivity index (χ1) is 12.9. The molecule has 152 valence electrons. The molecule has 0 bridgehead atoms. The van der Waals surface area contributed by atoms with Gasteiger partial charge in [0.05, 0.1) is 12.3 Å². The fourth-order valence-electron chi connectivity index (χ4n) is 3.60. The molecule has 0 aliphatic heterocycles. The van der Waals surface area contributed by atoms with Crippen LogP contribution in [-0.4, -0.2) is 36.4 Å². The van der Waals surface area contributed by atoms with Crippen LogP contribution in [0.1, 0.15) is 58.4 Å². The number of nitrogens with two attached hydrogens (primary N) is 1. The maximum Gasteiger partial charge on any atom is 0.252 e. The van der Waals surface area contributed by atoms with Gasteiger partial charge in [-0.1, -0.05) is 37.5 Å². The normalized spacial score (nSPS) is 18.9. The van der Waals surface area contributed by atoms with Gasteiger partial charge in [0.1, 0.15) is 5.82 Å². The quantitative estimate of drug-likeness (QED) is 0.577. The molecule has 0 aromatic heterocycles. The van der Waals surface area contributed by atoms with Crippen molar-refractivity contribution in [1.29, 1.82) is 0 Å². The van der Waals surface area contributed by atoms with Crippen LogP contribution in [0, 0.1) is 5.82 Å². The predicted octanol–water partition coefficient (Wildman–Crippen LogP) is 2.87. The molecular weight excluding hydrogens is 345 g/mol. The van der Waals surface area contributed by atoms with Crippen LogP contribution in [0.25, 0.3) is 0 Å². The number of halogens is 1. The standard InChI is InChI=1S/C21H34FN3O2/c1-14(2)27-19(20(23)25-17-10-5-4-6-11-17)21(26)24-15(3)13-16-9-7-8-12-18(16)22/h7-9,12,14-15,17,19-20,25H,4-6,10-11,13,23H2,1-3H3,(H,24,26)/t15?,19?,20-/m1/s1. The highest BCUT2D eigenvalue weighted by Crippen LogP contribution is 2.18. The van der Waals surface area contributed by atoms with E-state index in [1.807, 2.05) is 20.8 Å². The Morgan fingerprint density at radius 2 is 1.89 bits per heavy atom. The lowest BCUT2D eigenvalue weighted by Crippen LogP contribution is -2.59. The van der Waals surface area contributed by atoms with E-state index in [0.29, 0.717) is 18.0 Å². The Hall–Kier alpha value is -1.50. The molecule has 1 saturated carbocycles. The average molecular weight is 380 g/mol. The van der Waals surface area contributed by atoms with E-state index in [2.05, 4.69) is 10.6 Å². The summed E-state index contributed by atoms with van der Waals surface area (Å²) < 4.78 is 19.7. The van der Waals surface area contributed by atoms with Crippen LogP contribution in [0.2, 0.25) is 0 Å². The van der Waals surface area contributed by atoms with Gasteiger partial charge in [0.15, 0.2) is 6.10 Å². The number of ether oxygens (including phenoxy) is 1. The topological polar surface area (TPSA) is 76.4 Å². The van der Waals surface area contributed by atoms with Gasteiger partial charge in [0.25, 0.3) is 5.91 Å². The minimum absolute atomic E-state index is 0.123. The summed E-state index contributed by atoms with van der Waals surface area (Å²) in [5.41, 5.74) is 6.87. The van der Waals surface area contributed by atoms with Gasteiger partial charge in [-0.25, -0.2) is 4.39 Å². The van der Waals surface area contributed by atoms with Crippen molar-refractivity contribution in [2.45, 2.75) is 89.8 Å². The molecule has 0 heterocycles. The van der Waals surface area contributed by atoms with Gasteiger partial charge in [-0.3, -0.25) is 10.1 Å². The van der Waals surface area contributed by atoms with Crippen molar-refractivity contribution in [3.8, 4) is 0 Å². The molecule has 3 atom stereocenters. The number of carbonyl (C=O) groups is 1. The summed E-state index contributed by atoms with van der Waals surface area (Å²) in [7, 11) is 0. The molecular formula is C21H34FN3O2. The van der Waals surface area contributed by atoms with E-state index in [-0.39, 0.29) is 23.9 Å². The van der Waals surface area contributed by atoms with Crippen molar-refractivity contribution in [2.75, 3.05) is 0 Å². The van der Waals surface area contributed by atoms with E-state index in [4.69, 9.17) is 10.5 Å². The molecule has 1 aliphatic carbocycles. The van der Waals surface area contributed by atoms with Crippen molar-refractivity contribution in [3.05, 3.63) is 35.6 Å². The van der Waals surface area contributed by atoms with Gasteiger partial charge in [0, 0.05) is 12.1 Å². The van der Waals surface area contributed by atoms with Gasteiger partial charge in [-0.15, -0.1) is 0 Å². The van der Waals surface area contributed by atoms with Crippen LogP contribution in [0.4, 0.5) is 4.39 Å². The molecule has 1 aliphatic rings. The summed E-state index contributed by atoms with van der Waals surface area (Å²) in [6.07, 6.45) is 4.72. The van der Waals surface area contributed by atoms with E-state index in [0.717, 1.165) is 12.8 Å². The maximum atomic E-state index is 13.8. The smallest absolute Gasteiger partial charge is 0.252 e. The summed E-state index contributed by atoms with van der Waals surface area (Å²) in [4.78, 5) is 12.8. The zero-order chi connectivity index (χ0) is 19.8. The largest absolute Gasteiger partial charge is 0.363 e. The number of rotatable bonds is 9. The molecule has 2 unspecified atom stereocenters. The molecule has 2 rings (SSSR count). The molecule has 4 N–H and O–H groups in total. The second-order valence-corrected chi connectivity index (χ2v) is 7.84. The molecule has 5 nitrogen and oxygen atoms in total. The minimum Gasteiger partial charge on any atom is -0.363 e. The Bertz CT molecular complexity index is 591. The zero-order valence-electron chi connectivity index (χ0n) is 16.7. The number of nitrogens with one attached hydrogen (secondary N) is 2. The third-order valence-electron chi connectivity index (χ3n) is 4.91. The van der Waals surface area contributed by atoms with Gasteiger partial charge < -0.3 is 15.8 Å². The molecule has 1 amide bonds. The first-order valence-electron chi connectivity index (χ1n) is 10.1. The first-order valence-corrected chi connectivity index (χ1v) is 10.1. The first kappa shape index (κ1) is 21.8. The van der Waals surface area contributed by atoms with Crippen molar-refractivity contribution < 1.29 is 13.9 Å². The van der Waals surface area contributed by atoms with Crippen molar-refractivity contribution in [1.82, 2.24) is 10.6 Å². The monoisotopic (exact) mass is 379 g/mol. The molecule has 1 aromatic carbocycles. The third-order valence-corrected chi connectivity index (χ3v) is 4.91. The molecule has 0 radical (unpaired) electrons. The summed E-state index contributed by atoms with van der Waals surface area (Å²) in [6, 6.07) is 6.71. The summed E-state index contributed by atoms with van der Waals surface area (Å²) in [6.45, 7) is 5.63. The van der Waals surface area contributed by atoms with Crippen LogP contribution in [0.3, 0.4) is 0 Å². The summed E-state index contributed by atoms with van der Waals surface area (Å²) in [5, 5.41) is 6.30. The molecule has 6 heteroatoms. The molecule has 0 spiro atoms. The van der Waals surface area contributed by atoms with E-state index in [1.165, 1.54) is 25.3 Å². The molecule has 27 heavy (non-hydrogen) atoms. The second kappa shape index (κ2) is 10.7. The summed E-state index contributed by atoms with van der Waals surface area (Å²) >= 11 is 0. The van der Waals surface area contributed by atoms with Crippen molar-refractivity contribution in [3.63, 3.8) is 0 Å². The minimum atomic E-state index is -0.782. The number of amides is 1. The predicted molar refractivity (Wildman–Crippen MR) is 106 cm³/mol. The Morgan fingerprint density at radius 1 is 1.22 bits per heavy atom. The SMILES string of the molecule is CC(Cc1ccccc1F)NC(=O)C(OC(C)C)[C@H](N)NC1CCCCC1. The number of benzene rings is 1. The molecule has 1 fully saturated rings. The van der Waals surface area contributed by atoms with E-state index in [1.54, 1.807) is 18.2 Å². The highest BCUT2D eigenvalue weighted by atomic mass is 19.1. The Morgan fingerprint density at radius 3 is 2.52 bits per heavy atom. The number of hydrogen-bond acceptors (Lipinski definition) is 4. The lowest BCUT2D eigenvalue weighted by atomic mass is 9.95. The Labute approximate surface area is 162 Å². The van der Waals surface area contributed by atoms with Crippen LogP contribution in [-0.2, 0) is 16.0 Å². The summed E-state index contributed by atoms with van der Waals surface area (Å²) in [5.74, 6) is -0.521. The zero-order valence-corrected chi connectivity index (χ0v) is 16.7. The van der Waals surface area contributed by atoms with Crippen LogP contribution in [0.5, 0.6) is 0 Å². The van der Waals surface area contributed by atoms with E-state index in [9.17, 15) is 9.18 Å². The Kier molecular flexibility index (Phi) is 8.67. The van der Waals surface area contributed by atoms with Gasteiger partial charge in [-0.2, -0.15) is 0 Å². The maximum absolute atomic E-state index is 13.8. The Balaban J connectivity index is 1.95. The lowest BCUT2D eigenvalue weighted by molar-refractivity contribution is -0.138. The fourth-order valence-corrected chi connectivity index (χ4v) is 3.60. The highest BCUT2D eigenvalue weighted by Gasteiger charge is 2.30. The van der Waals surface area contributed by atoms with Gasteiger partial charge in [0.2, 0.25) is 0 Å². The van der Waals surface area contributed by atoms with Crippen LogP contribution < -0.4 is 16.4 Å². The van der Waals surface area contributed by atoms with Gasteiger partial charge >= 0.3 is 0 Å². The number of carbonyl (C=O) groups excluding carboxylic acids is 1. The number of hydrogen-bond donors (Lipinski definition) is 3. The molecule has 0 saturated heterocycles. The van der Waals surface area contributed by atoms with Crippen LogP contribution >= 0.6 is 0 Å². The molecule has 1 aromatic rings. The van der Waals surface area contributed by atoms with Crippen molar-refractivity contribution >= 4 is 5.91 Å².